The number of nitrogens with two attached hydrogens (primary N) is 1. The van der Waals surface area contributed by atoms with Crippen molar-refractivity contribution in [2.45, 2.75) is 51.7 Å². The maximum Gasteiger partial charge on any atom is 0.410 e. The van der Waals surface area contributed by atoms with Gasteiger partial charge in [-0.15, -0.1) is 0 Å². The van der Waals surface area contributed by atoms with Crippen molar-refractivity contribution in [2.75, 3.05) is 18.4 Å². The molecule has 1 aliphatic rings. The number of likely N-dealkylation sites (tertiary alicyclic amines) is 1. The number of primary amides is 1. The van der Waals surface area contributed by atoms with Gasteiger partial charge in [-0.25, -0.2) is 9.18 Å². The Balaban J connectivity index is 1.77. The average Bonchev–Trinajstić information content (AvgIpc) is 3.16. The molecule has 2 aromatic rings. The number of carbonyl (C=O) groups excluding carboxylic acids is 2. The van der Waals surface area contributed by atoms with Crippen LogP contribution in [0, 0.1) is 23.1 Å². The number of amides is 2. The van der Waals surface area contributed by atoms with E-state index >= 15 is 0 Å². The molecule has 0 spiro atoms. The molecule has 0 saturated carbocycles. The van der Waals surface area contributed by atoms with Crippen molar-refractivity contribution in [2.24, 2.45) is 11.7 Å². The fourth-order valence-electron chi connectivity index (χ4n) is 3.87. The smallest absolute Gasteiger partial charge is 0.410 e. The lowest BCUT2D eigenvalue weighted by Crippen LogP contribution is -2.43. The third-order valence-corrected chi connectivity index (χ3v) is 5.48. The number of halogens is 1. The second-order valence-corrected chi connectivity index (χ2v) is 9.10. The van der Waals surface area contributed by atoms with Gasteiger partial charge >= 0.3 is 6.09 Å². The van der Waals surface area contributed by atoms with E-state index in [9.17, 15) is 19.2 Å². The maximum absolute atomic E-state index is 13.2. The quantitative estimate of drug-likeness (QED) is 0.677. The van der Waals surface area contributed by atoms with Gasteiger partial charge in [0.1, 0.15) is 17.0 Å². The number of nitrogens with zero attached hydrogens (tertiary/aromatic N) is 4. The lowest BCUT2D eigenvalue weighted by Gasteiger charge is -2.36. The normalized spacial score (nSPS) is 15.5. The van der Waals surface area contributed by atoms with Gasteiger partial charge < -0.3 is 20.7 Å². The van der Waals surface area contributed by atoms with Gasteiger partial charge in [0.2, 0.25) is 0 Å². The Morgan fingerprint density at radius 1 is 1.30 bits per heavy atom. The van der Waals surface area contributed by atoms with Gasteiger partial charge in [-0.2, -0.15) is 10.4 Å². The Bertz CT molecular complexity index is 1030. The van der Waals surface area contributed by atoms with E-state index in [1.165, 1.54) is 30.5 Å². The van der Waals surface area contributed by atoms with E-state index in [1.807, 2.05) is 20.8 Å². The zero-order valence-corrected chi connectivity index (χ0v) is 19.0. The Labute approximate surface area is 192 Å². The number of benzene rings is 1. The molecule has 33 heavy (non-hydrogen) atoms. The van der Waals surface area contributed by atoms with Crippen molar-refractivity contribution in [1.82, 2.24) is 14.7 Å². The summed E-state index contributed by atoms with van der Waals surface area (Å²) >= 11 is 0. The van der Waals surface area contributed by atoms with E-state index in [4.69, 9.17) is 10.5 Å². The van der Waals surface area contributed by atoms with E-state index in [-0.39, 0.29) is 41.7 Å². The van der Waals surface area contributed by atoms with Gasteiger partial charge in [0.25, 0.3) is 5.91 Å². The second kappa shape index (κ2) is 9.90. The molecule has 0 radical (unpaired) electrons. The Morgan fingerprint density at radius 3 is 2.48 bits per heavy atom. The van der Waals surface area contributed by atoms with Crippen molar-refractivity contribution in [3.05, 3.63) is 41.8 Å². The van der Waals surface area contributed by atoms with Crippen LogP contribution in [0.1, 0.15) is 56.4 Å². The van der Waals surface area contributed by atoms with Gasteiger partial charge in [0.15, 0.2) is 5.82 Å². The number of nitriles is 1. The zero-order chi connectivity index (χ0) is 24.2. The number of rotatable bonds is 6. The van der Waals surface area contributed by atoms with Crippen LogP contribution in [-0.2, 0) is 4.74 Å². The first kappa shape index (κ1) is 24.0. The summed E-state index contributed by atoms with van der Waals surface area (Å²) in [6, 6.07) is 7.54. The molecule has 10 heteroatoms. The zero-order valence-electron chi connectivity index (χ0n) is 19.0. The van der Waals surface area contributed by atoms with Crippen molar-refractivity contribution in [3.8, 4) is 6.07 Å². The van der Waals surface area contributed by atoms with Crippen LogP contribution in [0.25, 0.3) is 0 Å². The highest BCUT2D eigenvalue weighted by Gasteiger charge is 2.32. The minimum atomic E-state index is -0.665. The van der Waals surface area contributed by atoms with Gasteiger partial charge in [-0.3, -0.25) is 9.48 Å². The highest BCUT2D eigenvalue weighted by molar-refractivity contribution is 5.98. The van der Waals surface area contributed by atoms with E-state index in [1.54, 1.807) is 9.58 Å². The van der Waals surface area contributed by atoms with Crippen molar-refractivity contribution >= 4 is 23.5 Å². The fourth-order valence-corrected chi connectivity index (χ4v) is 3.87. The van der Waals surface area contributed by atoms with Crippen LogP contribution in [0.5, 0.6) is 0 Å². The molecule has 0 bridgehead atoms. The summed E-state index contributed by atoms with van der Waals surface area (Å²) in [6.07, 6.45) is 2.71. The van der Waals surface area contributed by atoms with Crippen molar-refractivity contribution < 1.29 is 18.7 Å². The van der Waals surface area contributed by atoms with Gasteiger partial charge in [0.05, 0.1) is 18.5 Å². The van der Waals surface area contributed by atoms with Crippen LogP contribution in [0.3, 0.4) is 0 Å². The second-order valence-electron chi connectivity index (χ2n) is 9.10. The molecule has 0 aliphatic carbocycles. The minimum absolute atomic E-state index is 0.0719. The molecule has 176 valence electrons. The Kier molecular flexibility index (Phi) is 7.21. The summed E-state index contributed by atoms with van der Waals surface area (Å²) in [5, 5.41) is 16.9. The number of anilines is 2. The first-order valence-corrected chi connectivity index (χ1v) is 10.8. The molecular weight excluding hydrogens is 427 g/mol. The van der Waals surface area contributed by atoms with Gasteiger partial charge in [0, 0.05) is 25.0 Å². The first-order valence-electron chi connectivity index (χ1n) is 10.8. The lowest BCUT2D eigenvalue weighted by molar-refractivity contribution is 0.0160. The maximum atomic E-state index is 13.2. The molecule has 1 aromatic heterocycles. The number of nitrogens with one attached hydrogen (secondary N) is 1. The van der Waals surface area contributed by atoms with Crippen LogP contribution >= 0.6 is 0 Å². The number of carbonyl (C=O) groups is 2. The molecule has 0 unspecified atom stereocenters. The van der Waals surface area contributed by atoms with Crippen LogP contribution < -0.4 is 11.1 Å². The van der Waals surface area contributed by atoms with Crippen LogP contribution in [0.2, 0.25) is 0 Å². The van der Waals surface area contributed by atoms with E-state index in [0.29, 0.717) is 31.6 Å². The molecule has 2 heterocycles. The van der Waals surface area contributed by atoms with Gasteiger partial charge in [-0.1, -0.05) is 0 Å². The van der Waals surface area contributed by atoms with Crippen molar-refractivity contribution in [3.63, 3.8) is 0 Å². The number of aromatic nitrogens is 2. The summed E-state index contributed by atoms with van der Waals surface area (Å²) in [5.74, 6) is -0.736. The van der Waals surface area contributed by atoms with E-state index in [2.05, 4.69) is 16.5 Å². The molecule has 1 saturated heterocycles. The van der Waals surface area contributed by atoms with E-state index < -0.39 is 11.5 Å². The Morgan fingerprint density at radius 2 is 1.94 bits per heavy atom. The number of ether oxygens (including phenoxy) is 1. The predicted molar refractivity (Wildman–Crippen MR) is 120 cm³/mol. The largest absolute Gasteiger partial charge is 0.444 e. The van der Waals surface area contributed by atoms with Crippen LogP contribution in [-0.4, -0.2) is 45.4 Å². The monoisotopic (exact) mass is 456 g/mol. The standard InChI is InChI=1S/C23H29FN6O3/c1-23(2,3)33-22(32)29-12-9-15(10-13-29)19(8-11-25)30-14-18(20(26)31)21(28-30)27-17-6-4-16(24)5-7-17/h4-7,14-15,19H,8-10,12-13H2,1-3H3,(H2,26,31)(H,27,28)/t19-/m0/s1. The summed E-state index contributed by atoms with van der Waals surface area (Å²) in [7, 11) is 0. The van der Waals surface area contributed by atoms with Gasteiger partial charge in [-0.05, 0) is 63.8 Å². The number of hydrogen-bond acceptors (Lipinski definition) is 6. The molecule has 3 rings (SSSR count). The topological polar surface area (TPSA) is 126 Å². The fraction of sp³-hybridized carbons (Fsp3) is 0.478. The highest BCUT2D eigenvalue weighted by Crippen LogP contribution is 2.33. The minimum Gasteiger partial charge on any atom is -0.444 e. The SMILES string of the molecule is CC(C)(C)OC(=O)N1CCC([C@H](CC#N)n2cc(C(N)=O)c(Nc3ccc(F)cc3)n2)CC1. The van der Waals surface area contributed by atoms with E-state index in [0.717, 1.165) is 0 Å². The summed E-state index contributed by atoms with van der Waals surface area (Å²) in [6.45, 7) is 6.49. The molecule has 2 amide bonds. The third kappa shape index (κ3) is 6.22. The molecule has 9 nitrogen and oxygen atoms in total. The average molecular weight is 457 g/mol. The summed E-state index contributed by atoms with van der Waals surface area (Å²) < 4.78 is 20.3. The third-order valence-electron chi connectivity index (χ3n) is 5.48. The highest BCUT2D eigenvalue weighted by atomic mass is 19.1. The van der Waals surface area contributed by atoms with Crippen molar-refractivity contribution in [1.29, 1.82) is 5.26 Å². The number of piperidine rings is 1. The molecular formula is C23H29FN6O3. The van der Waals surface area contributed by atoms with Crippen LogP contribution in [0.15, 0.2) is 30.5 Å². The molecule has 3 N–H and O–H groups in total. The van der Waals surface area contributed by atoms with Crippen LogP contribution in [0.4, 0.5) is 20.7 Å². The number of hydrogen-bond donors (Lipinski definition) is 2. The first-order chi connectivity index (χ1) is 15.6. The Hall–Kier alpha value is -3.61. The summed E-state index contributed by atoms with van der Waals surface area (Å²) in [5.41, 5.74) is 5.70. The molecule has 1 aliphatic heterocycles. The molecule has 1 fully saturated rings. The lowest BCUT2D eigenvalue weighted by atomic mass is 9.88. The predicted octanol–water partition coefficient (Wildman–Crippen LogP) is 3.97. The molecule has 1 aromatic carbocycles. The summed E-state index contributed by atoms with van der Waals surface area (Å²) in [4.78, 5) is 26.0. The molecule has 1 atom stereocenters.